The van der Waals surface area contributed by atoms with Crippen LogP contribution in [0.5, 0.6) is 5.75 Å². The van der Waals surface area contributed by atoms with Crippen LogP contribution in [-0.2, 0) is 20.0 Å². The summed E-state index contributed by atoms with van der Waals surface area (Å²) in [7, 11) is -5.58. The highest BCUT2D eigenvalue weighted by molar-refractivity contribution is 7.93. The molecule has 0 fully saturated rings. The lowest BCUT2D eigenvalue weighted by atomic mass is 9.87. The van der Waals surface area contributed by atoms with Crippen molar-refractivity contribution in [2.24, 2.45) is 0 Å². The summed E-state index contributed by atoms with van der Waals surface area (Å²) in [6.45, 7) is 2.07. The van der Waals surface area contributed by atoms with Crippen LogP contribution in [0.1, 0.15) is 18.9 Å². The van der Waals surface area contributed by atoms with Gasteiger partial charge in [0, 0.05) is 30.0 Å². The molecule has 48 heavy (non-hydrogen) atoms. The van der Waals surface area contributed by atoms with Gasteiger partial charge in [-0.25, -0.2) is 26.8 Å². The first-order valence-corrected chi connectivity index (χ1v) is 18.2. The molecule has 0 radical (unpaired) electrons. The molecular formula is C35H32N6O5S2. The van der Waals surface area contributed by atoms with Crippen LogP contribution >= 0.6 is 0 Å². The average Bonchev–Trinajstić information content (AvgIpc) is 3.51. The predicted molar refractivity (Wildman–Crippen MR) is 187 cm³/mol. The number of nitrogens with one attached hydrogen (secondary N) is 2. The monoisotopic (exact) mass is 680 g/mol. The molecule has 0 saturated heterocycles. The molecule has 0 spiro atoms. The number of rotatable bonds is 8. The number of sulfonamides is 2. The number of nitrogens with zero attached hydrogens (tertiary/aromatic N) is 4. The van der Waals surface area contributed by atoms with Crippen molar-refractivity contribution >= 4 is 54.7 Å². The lowest BCUT2D eigenvalue weighted by molar-refractivity contribution is 0.476. The number of allylic oxidation sites excluding steroid dienone is 1. The number of anilines is 2. The van der Waals surface area contributed by atoms with Crippen LogP contribution in [0.3, 0.4) is 0 Å². The zero-order chi connectivity index (χ0) is 33.7. The van der Waals surface area contributed by atoms with Gasteiger partial charge in [0.1, 0.15) is 22.6 Å². The zero-order valence-electron chi connectivity index (χ0n) is 26.0. The van der Waals surface area contributed by atoms with Crippen LogP contribution in [0.15, 0.2) is 120 Å². The lowest BCUT2D eigenvalue weighted by Gasteiger charge is -2.37. The maximum Gasteiger partial charge on any atom is 0.263 e. The Morgan fingerprint density at radius 2 is 1.60 bits per heavy atom. The third kappa shape index (κ3) is 5.60. The van der Waals surface area contributed by atoms with E-state index >= 15 is 0 Å². The van der Waals surface area contributed by atoms with E-state index in [-0.39, 0.29) is 28.7 Å². The van der Waals surface area contributed by atoms with E-state index < -0.39 is 30.8 Å². The van der Waals surface area contributed by atoms with Crippen molar-refractivity contribution in [2.75, 3.05) is 21.5 Å². The van der Waals surface area contributed by atoms with Crippen LogP contribution in [-0.4, -0.2) is 54.4 Å². The van der Waals surface area contributed by atoms with Crippen molar-refractivity contribution in [1.29, 1.82) is 0 Å². The number of phenolic OH excluding ortho intramolecular Hbond substituents is 1. The second-order valence-electron chi connectivity index (χ2n) is 11.8. The molecule has 4 heterocycles. The molecule has 1 aliphatic carbocycles. The van der Waals surface area contributed by atoms with Gasteiger partial charge in [0.15, 0.2) is 0 Å². The van der Waals surface area contributed by atoms with Crippen molar-refractivity contribution in [3.63, 3.8) is 0 Å². The van der Waals surface area contributed by atoms with Crippen molar-refractivity contribution in [3.05, 3.63) is 131 Å². The van der Waals surface area contributed by atoms with Crippen molar-refractivity contribution < 1.29 is 21.9 Å². The number of phenols is 1. The molecule has 1 aliphatic heterocycles. The number of likely N-dealkylation sites (N-methyl/N-ethyl adjacent to an activating group) is 1. The minimum absolute atomic E-state index is 0.0976. The summed E-state index contributed by atoms with van der Waals surface area (Å²) < 4.78 is 59.2. The molecule has 244 valence electrons. The highest BCUT2D eigenvalue weighted by Crippen LogP contribution is 2.33. The van der Waals surface area contributed by atoms with E-state index in [0.717, 1.165) is 32.6 Å². The third-order valence-corrected chi connectivity index (χ3v) is 11.8. The molecule has 2 atom stereocenters. The van der Waals surface area contributed by atoms with Gasteiger partial charge >= 0.3 is 0 Å². The Labute approximate surface area is 278 Å². The van der Waals surface area contributed by atoms with Crippen LogP contribution in [0, 0.1) is 0 Å². The predicted octanol–water partition coefficient (Wildman–Crippen LogP) is 3.58. The summed E-state index contributed by atoms with van der Waals surface area (Å²) in [5.74, 6) is 0.626. The molecule has 2 unspecified atom stereocenters. The number of aromatic nitrogens is 3. The number of hydrogen-bond donors (Lipinski definition) is 3. The number of aromatic hydroxyl groups is 1. The van der Waals surface area contributed by atoms with Gasteiger partial charge in [0.25, 0.3) is 10.0 Å². The SMILES string of the molecule is CN1n2c(c(=Cc3ccc(S(=O)(=O)Nc4ccccn4)cc3)c3cc(O)ccc32)=CC1(C)C1=CCC(S(=O)(=O)Nc2ccccn2)C=C1. The summed E-state index contributed by atoms with van der Waals surface area (Å²) in [6, 6.07) is 21.8. The van der Waals surface area contributed by atoms with E-state index in [4.69, 9.17) is 0 Å². The second-order valence-corrected chi connectivity index (χ2v) is 15.4. The van der Waals surface area contributed by atoms with E-state index in [9.17, 15) is 21.9 Å². The van der Waals surface area contributed by atoms with Gasteiger partial charge < -0.3 is 10.1 Å². The summed E-state index contributed by atoms with van der Waals surface area (Å²) in [5, 5.41) is 14.3. The first-order valence-electron chi connectivity index (χ1n) is 15.1. The van der Waals surface area contributed by atoms with Crippen molar-refractivity contribution in [3.8, 4) is 5.75 Å². The molecule has 0 bridgehead atoms. The Morgan fingerprint density at radius 1 is 0.917 bits per heavy atom. The molecule has 3 aromatic heterocycles. The highest BCUT2D eigenvalue weighted by Gasteiger charge is 2.38. The zero-order valence-corrected chi connectivity index (χ0v) is 27.7. The smallest absolute Gasteiger partial charge is 0.263 e. The van der Waals surface area contributed by atoms with Crippen LogP contribution < -0.4 is 25.0 Å². The fraction of sp³-hybridized carbons (Fsp3) is 0.143. The molecule has 2 aliphatic rings. The Hall–Kier alpha value is -5.40. The standard InChI is InChI=1S/C35H32N6O5S2/c1-35(25-11-16-28(17-12-25)48(45,46)39-34-8-4-6-20-37-34)23-32-29(30-22-26(42)13-18-31(30)41(32)40(35)2)21-24-9-14-27(15-10-24)47(43,44)38-33-7-3-5-19-36-33/h3-16,18-23,28,42H,17H2,1-2H3,(H,36,38)(H,37,39). The van der Waals surface area contributed by atoms with Crippen molar-refractivity contribution in [2.45, 2.75) is 29.0 Å². The molecule has 13 heteroatoms. The number of fused-ring (bicyclic) bond motifs is 3. The van der Waals surface area contributed by atoms with Gasteiger partial charge in [-0.15, -0.1) is 0 Å². The summed E-state index contributed by atoms with van der Waals surface area (Å²) in [4.78, 5) is 8.22. The first-order chi connectivity index (χ1) is 22.9. The number of benzene rings is 2. The fourth-order valence-corrected chi connectivity index (χ4v) is 8.34. The van der Waals surface area contributed by atoms with E-state index in [1.807, 2.05) is 31.3 Å². The highest BCUT2D eigenvalue weighted by atomic mass is 32.2. The molecular weight excluding hydrogens is 649 g/mol. The Bertz CT molecular complexity index is 2450. The second kappa shape index (κ2) is 11.7. The number of hydrogen-bond acceptors (Lipinski definition) is 8. The molecule has 0 amide bonds. The topological polar surface area (TPSA) is 147 Å². The maximum absolute atomic E-state index is 13.1. The number of pyridine rings is 2. The average molecular weight is 681 g/mol. The molecule has 11 nitrogen and oxygen atoms in total. The van der Waals surface area contributed by atoms with Gasteiger partial charge in [0.05, 0.1) is 21.3 Å². The van der Waals surface area contributed by atoms with Gasteiger partial charge in [0.2, 0.25) is 10.0 Å². The molecule has 7 rings (SSSR count). The quantitative estimate of drug-likeness (QED) is 0.226. The van der Waals surface area contributed by atoms with Gasteiger partial charge in [-0.2, -0.15) is 0 Å². The summed E-state index contributed by atoms with van der Waals surface area (Å²) >= 11 is 0. The molecule has 2 aromatic carbocycles. The fourth-order valence-electron chi connectivity index (χ4n) is 6.14. The molecule has 5 aromatic rings. The minimum Gasteiger partial charge on any atom is -0.508 e. The van der Waals surface area contributed by atoms with E-state index in [1.54, 1.807) is 66.7 Å². The summed E-state index contributed by atoms with van der Waals surface area (Å²) in [6.07, 6.45) is 13.0. The van der Waals surface area contributed by atoms with E-state index in [1.165, 1.54) is 24.5 Å². The minimum atomic E-state index is -3.84. The van der Waals surface area contributed by atoms with Crippen LogP contribution in [0.4, 0.5) is 11.6 Å². The van der Waals surface area contributed by atoms with Crippen LogP contribution in [0.25, 0.3) is 23.1 Å². The third-order valence-electron chi connectivity index (χ3n) is 8.75. The molecule has 0 saturated carbocycles. The Kier molecular flexibility index (Phi) is 7.60. The van der Waals surface area contributed by atoms with Gasteiger partial charge in [-0.3, -0.25) is 14.1 Å². The normalized spacial score (nSPS) is 19.5. The van der Waals surface area contributed by atoms with Gasteiger partial charge in [-0.1, -0.05) is 42.5 Å². The van der Waals surface area contributed by atoms with E-state index in [2.05, 4.69) is 42.1 Å². The first kappa shape index (κ1) is 31.2. The Morgan fingerprint density at radius 3 is 2.23 bits per heavy atom. The summed E-state index contributed by atoms with van der Waals surface area (Å²) in [5.41, 5.74) is 1.94. The van der Waals surface area contributed by atoms with E-state index in [0.29, 0.717) is 0 Å². The lowest BCUT2D eigenvalue weighted by Crippen LogP contribution is -2.47. The van der Waals surface area contributed by atoms with Crippen LogP contribution in [0.2, 0.25) is 0 Å². The molecule has 3 N–H and O–H groups in total. The maximum atomic E-state index is 13.1. The van der Waals surface area contributed by atoms with Crippen molar-refractivity contribution in [1.82, 2.24) is 14.6 Å². The Balaban J connectivity index is 1.23. The largest absolute Gasteiger partial charge is 0.508 e. The van der Waals surface area contributed by atoms with Gasteiger partial charge in [-0.05, 0) is 91.2 Å².